The fourth-order valence-electron chi connectivity index (χ4n) is 2.31. The molecule has 0 aliphatic heterocycles. The molecule has 0 saturated heterocycles. The van der Waals surface area contributed by atoms with Crippen LogP contribution < -0.4 is 0 Å². The highest BCUT2D eigenvalue weighted by molar-refractivity contribution is 8.24. The summed E-state index contributed by atoms with van der Waals surface area (Å²) in [5.41, 5.74) is 2.23. The maximum Gasteiger partial charge on any atom is 0.0946 e. The number of benzene rings is 1. The summed E-state index contributed by atoms with van der Waals surface area (Å²) in [6, 6.07) is 7.71. The molecule has 0 amide bonds. The van der Waals surface area contributed by atoms with Crippen molar-refractivity contribution in [1.29, 1.82) is 0 Å². The van der Waals surface area contributed by atoms with Crippen molar-refractivity contribution >= 4 is 62.7 Å². The monoisotopic (exact) mass is 412 g/mol. The first-order valence-electron chi connectivity index (χ1n) is 7.20. The SMILES string of the molecule is Cc1ccsc1C(=S)SC(Cn1ccnc1)c1ccc(Cl)cc1Cl. The van der Waals surface area contributed by atoms with E-state index >= 15 is 0 Å². The summed E-state index contributed by atoms with van der Waals surface area (Å²) >= 11 is 21.5. The first-order chi connectivity index (χ1) is 11.5. The molecule has 1 atom stereocenters. The Balaban J connectivity index is 1.90. The van der Waals surface area contributed by atoms with E-state index in [0.29, 0.717) is 10.0 Å². The van der Waals surface area contributed by atoms with E-state index in [1.165, 1.54) is 5.56 Å². The minimum atomic E-state index is 0.0815. The molecule has 2 nitrogen and oxygen atoms in total. The van der Waals surface area contributed by atoms with Gasteiger partial charge < -0.3 is 4.57 Å². The van der Waals surface area contributed by atoms with Crippen LogP contribution in [0.4, 0.5) is 0 Å². The van der Waals surface area contributed by atoms with Gasteiger partial charge in [0.1, 0.15) is 0 Å². The van der Waals surface area contributed by atoms with Crippen LogP contribution in [0.25, 0.3) is 0 Å². The zero-order chi connectivity index (χ0) is 17.1. The molecule has 0 fully saturated rings. The van der Waals surface area contributed by atoms with E-state index in [2.05, 4.69) is 23.4 Å². The average molecular weight is 413 g/mol. The lowest BCUT2D eigenvalue weighted by atomic mass is 10.1. The Morgan fingerprint density at radius 2 is 2.21 bits per heavy atom. The molecule has 3 rings (SSSR count). The van der Waals surface area contributed by atoms with Crippen molar-refractivity contribution in [1.82, 2.24) is 9.55 Å². The van der Waals surface area contributed by atoms with Crippen LogP contribution in [0.5, 0.6) is 0 Å². The normalized spacial score (nSPS) is 12.3. The van der Waals surface area contributed by atoms with Gasteiger partial charge in [-0.1, -0.05) is 41.5 Å². The number of halogens is 2. The summed E-state index contributed by atoms with van der Waals surface area (Å²) < 4.78 is 2.92. The molecule has 0 bridgehead atoms. The molecule has 0 saturated carbocycles. The van der Waals surface area contributed by atoms with Gasteiger partial charge in [0.15, 0.2) is 0 Å². The van der Waals surface area contributed by atoms with Crippen LogP contribution in [0, 0.1) is 6.92 Å². The molecule has 7 heteroatoms. The Morgan fingerprint density at radius 1 is 1.38 bits per heavy atom. The maximum absolute atomic E-state index is 6.44. The van der Waals surface area contributed by atoms with E-state index in [1.807, 2.05) is 22.9 Å². The number of thiophene rings is 1. The van der Waals surface area contributed by atoms with Crippen LogP contribution in [-0.2, 0) is 6.54 Å². The number of thiocarbonyl (C=S) groups is 1. The van der Waals surface area contributed by atoms with Crippen LogP contribution in [0.1, 0.15) is 21.3 Å². The molecular formula is C17H14Cl2N2S3. The van der Waals surface area contributed by atoms with Gasteiger partial charge in [-0.3, -0.25) is 0 Å². The third-order valence-electron chi connectivity index (χ3n) is 3.54. The van der Waals surface area contributed by atoms with Gasteiger partial charge in [-0.2, -0.15) is 0 Å². The van der Waals surface area contributed by atoms with Gasteiger partial charge in [0.2, 0.25) is 0 Å². The van der Waals surface area contributed by atoms with Crippen molar-refractivity contribution in [3.05, 3.63) is 74.4 Å². The van der Waals surface area contributed by atoms with Crippen LogP contribution in [0.2, 0.25) is 10.0 Å². The lowest BCUT2D eigenvalue weighted by molar-refractivity contribution is 0.685. The summed E-state index contributed by atoms with van der Waals surface area (Å²) in [6.07, 6.45) is 5.51. The maximum atomic E-state index is 6.44. The number of nitrogens with zero attached hydrogens (tertiary/aromatic N) is 2. The van der Waals surface area contributed by atoms with E-state index in [9.17, 15) is 0 Å². The van der Waals surface area contributed by atoms with Gasteiger partial charge in [0, 0.05) is 29.0 Å². The second-order valence-corrected chi connectivity index (χ2v) is 8.89. The van der Waals surface area contributed by atoms with Crippen molar-refractivity contribution in [3.63, 3.8) is 0 Å². The van der Waals surface area contributed by atoms with Gasteiger partial charge in [-0.05, 0) is 41.6 Å². The van der Waals surface area contributed by atoms with Gasteiger partial charge in [0.25, 0.3) is 0 Å². The minimum absolute atomic E-state index is 0.0815. The predicted octanol–water partition coefficient (Wildman–Crippen LogP) is 6.41. The van der Waals surface area contributed by atoms with Gasteiger partial charge >= 0.3 is 0 Å². The summed E-state index contributed by atoms with van der Waals surface area (Å²) in [5, 5.41) is 3.44. The zero-order valence-electron chi connectivity index (χ0n) is 12.8. The number of hydrogen-bond donors (Lipinski definition) is 0. The smallest absolute Gasteiger partial charge is 0.0946 e. The topological polar surface area (TPSA) is 17.8 Å². The Hall–Kier alpha value is -0.850. The average Bonchev–Trinajstić information content (AvgIpc) is 3.18. The second-order valence-electron chi connectivity index (χ2n) is 5.25. The molecule has 1 unspecified atom stereocenters. The lowest BCUT2D eigenvalue weighted by Crippen LogP contribution is -2.08. The zero-order valence-corrected chi connectivity index (χ0v) is 16.7. The van der Waals surface area contributed by atoms with Gasteiger partial charge in [0.05, 0.1) is 20.7 Å². The number of rotatable bonds is 5. The van der Waals surface area contributed by atoms with Crippen LogP contribution >= 0.6 is 58.5 Å². The molecule has 2 heterocycles. The van der Waals surface area contributed by atoms with Crippen LogP contribution in [-0.4, -0.2) is 13.7 Å². The van der Waals surface area contributed by atoms with Crippen molar-refractivity contribution in [3.8, 4) is 0 Å². The molecule has 3 aromatic rings. The van der Waals surface area contributed by atoms with Crippen molar-refractivity contribution in [2.45, 2.75) is 18.7 Å². The molecule has 0 N–H and O–H groups in total. The molecule has 0 aliphatic rings. The largest absolute Gasteiger partial charge is 0.336 e. The van der Waals surface area contributed by atoms with Crippen molar-refractivity contribution in [2.24, 2.45) is 0 Å². The Morgan fingerprint density at radius 3 is 2.83 bits per heavy atom. The Kier molecular flexibility index (Phi) is 6.00. The molecule has 0 radical (unpaired) electrons. The number of thioether (sulfide) groups is 1. The number of aryl methyl sites for hydroxylation is 1. The fourth-order valence-corrected chi connectivity index (χ4v) is 5.72. The fraction of sp³-hybridized carbons (Fsp3) is 0.176. The van der Waals surface area contributed by atoms with Crippen LogP contribution in [0.15, 0.2) is 48.4 Å². The minimum Gasteiger partial charge on any atom is -0.336 e. The highest BCUT2D eigenvalue weighted by Crippen LogP contribution is 2.39. The van der Waals surface area contributed by atoms with E-state index in [-0.39, 0.29) is 5.25 Å². The standard InChI is InChI=1S/C17H14Cl2N2S3/c1-11-4-7-23-16(11)17(22)24-15(9-21-6-5-20-10-21)13-3-2-12(18)8-14(13)19/h2-8,10,15H,9H2,1H3. The van der Waals surface area contributed by atoms with Gasteiger partial charge in [-0.25, -0.2) is 4.98 Å². The Bertz CT molecular complexity index is 843. The molecule has 124 valence electrons. The van der Waals surface area contributed by atoms with Gasteiger partial charge in [-0.15, -0.1) is 23.1 Å². The summed E-state index contributed by atoms with van der Waals surface area (Å²) in [6.45, 7) is 2.81. The lowest BCUT2D eigenvalue weighted by Gasteiger charge is -2.19. The van der Waals surface area contributed by atoms with E-state index in [1.54, 1.807) is 41.7 Å². The number of imidazole rings is 1. The molecule has 0 aliphatic carbocycles. The molecule has 0 spiro atoms. The molecular weight excluding hydrogens is 399 g/mol. The molecule has 24 heavy (non-hydrogen) atoms. The summed E-state index contributed by atoms with van der Waals surface area (Å²) in [7, 11) is 0. The van der Waals surface area contributed by atoms with E-state index in [4.69, 9.17) is 35.4 Å². The first kappa shape index (κ1) is 18.0. The van der Waals surface area contributed by atoms with Crippen LogP contribution in [0.3, 0.4) is 0 Å². The molecule has 1 aromatic carbocycles. The molecule has 2 aromatic heterocycles. The summed E-state index contributed by atoms with van der Waals surface area (Å²) in [5.74, 6) is 0. The van der Waals surface area contributed by atoms with Crippen molar-refractivity contribution in [2.75, 3.05) is 0 Å². The third-order valence-corrected chi connectivity index (χ3v) is 7.00. The van der Waals surface area contributed by atoms with E-state index in [0.717, 1.165) is 21.2 Å². The Labute approximate surface area is 164 Å². The second kappa shape index (κ2) is 8.02. The quantitative estimate of drug-likeness (QED) is 0.450. The predicted molar refractivity (Wildman–Crippen MR) is 110 cm³/mol. The van der Waals surface area contributed by atoms with Crippen molar-refractivity contribution < 1.29 is 0 Å². The number of hydrogen-bond acceptors (Lipinski definition) is 4. The first-order valence-corrected chi connectivity index (χ1v) is 10.1. The highest BCUT2D eigenvalue weighted by Gasteiger charge is 2.20. The third kappa shape index (κ3) is 4.21. The summed E-state index contributed by atoms with van der Waals surface area (Å²) in [4.78, 5) is 5.27. The number of aromatic nitrogens is 2. The highest BCUT2D eigenvalue weighted by atomic mass is 35.5. The van der Waals surface area contributed by atoms with E-state index < -0.39 is 0 Å².